The highest BCUT2D eigenvalue weighted by Gasteiger charge is 2.22. The summed E-state index contributed by atoms with van der Waals surface area (Å²) >= 11 is 0. The highest BCUT2D eigenvalue weighted by atomic mass is 19.2. The van der Waals surface area contributed by atoms with Gasteiger partial charge in [0.15, 0.2) is 17.4 Å². The van der Waals surface area contributed by atoms with Crippen molar-refractivity contribution in [3.63, 3.8) is 0 Å². The second-order valence-electron chi connectivity index (χ2n) is 3.44. The molecule has 4 nitrogen and oxygen atoms in total. The van der Waals surface area contributed by atoms with Crippen LogP contribution in [0.3, 0.4) is 0 Å². The number of phenols is 1. The van der Waals surface area contributed by atoms with Crippen molar-refractivity contribution in [1.82, 2.24) is 5.32 Å². The summed E-state index contributed by atoms with van der Waals surface area (Å²) in [6.45, 7) is 1.03. The highest BCUT2D eigenvalue weighted by molar-refractivity contribution is 5.95. The van der Waals surface area contributed by atoms with Gasteiger partial charge in [-0.2, -0.15) is 4.39 Å². The fourth-order valence-corrected chi connectivity index (χ4v) is 1.10. The number of carbonyl (C=O) groups excluding carboxylic acids is 1. The molecule has 0 aliphatic heterocycles. The lowest BCUT2D eigenvalue weighted by atomic mass is 10.1. The van der Waals surface area contributed by atoms with Crippen molar-refractivity contribution in [3.05, 3.63) is 29.1 Å². The molecule has 0 saturated heterocycles. The minimum atomic E-state index is -1.76. The Morgan fingerprint density at radius 3 is 2.53 bits per heavy atom. The van der Waals surface area contributed by atoms with Gasteiger partial charge in [0.05, 0.1) is 12.2 Å². The molecule has 0 bridgehead atoms. The number of carbonyl (C=O) groups is 1. The molecule has 7 heteroatoms. The van der Waals surface area contributed by atoms with Gasteiger partial charge in [0, 0.05) is 6.04 Å². The van der Waals surface area contributed by atoms with Crippen LogP contribution in [0, 0.1) is 17.5 Å². The molecular formula is C10H10F3NO3. The molecule has 1 atom stereocenters. The lowest BCUT2D eigenvalue weighted by molar-refractivity contribution is 0.0916. The van der Waals surface area contributed by atoms with Crippen LogP contribution in [-0.2, 0) is 0 Å². The zero-order valence-corrected chi connectivity index (χ0v) is 8.80. The van der Waals surface area contributed by atoms with Crippen molar-refractivity contribution < 1.29 is 28.2 Å². The van der Waals surface area contributed by atoms with Crippen molar-refractivity contribution in [2.45, 2.75) is 13.0 Å². The molecule has 1 rings (SSSR count). The van der Waals surface area contributed by atoms with Crippen LogP contribution in [0.1, 0.15) is 17.3 Å². The molecule has 0 aliphatic carbocycles. The van der Waals surface area contributed by atoms with Crippen molar-refractivity contribution in [3.8, 4) is 5.75 Å². The first-order valence-electron chi connectivity index (χ1n) is 4.66. The molecule has 0 aromatic heterocycles. The maximum absolute atomic E-state index is 13.3. The molecule has 0 spiro atoms. The Bertz CT molecular complexity index is 451. The molecule has 1 amide bonds. The van der Waals surface area contributed by atoms with E-state index in [1.165, 1.54) is 6.92 Å². The third-order valence-electron chi connectivity index (χ3n) is 2.03. The van der Waals surface area contributed by atoms with Gasteiger partial charge in [0.2, 0.25) is 5.82 Å². The minimum absolute atomic E-state index is 0.337. The Morgan fingerprint density at radius 1 is 1.41 bits per heavy atom. The van der Waals surface area contributed by atoms with E-state index in [1.54, 1.807) is 0 Å². The fourth-order valence-electron chi connectivity index (χ4n) is 1.10. The molecule has 0 saturated carbocycles. The van der Waals surface area contributed by atoms with E-state index < -0.39 is 47.3 Å². The van der Waals surface area contributed by atoms with Crippen LogP contribution in [0.25, 0.3) is 0 Å². The average Bonchev–Trinajstić information content (AvgIpc) is 2.30. The van der Waals surface area contributed by atoms with E-state index in [9.17, 15) is 18.0 Å². The third kappa shape index (κ3) is 2.68. The van der Waals surface area contributed by atoms with Gasteiger partial charge >= 0.3 is 0 Å². The highest BCUT2D eigenvalue weighted by Crippen LogP contribution is 2.25. The van der Waals surface area contributed by atoms with E-state index in [1.807, 2.05) is 0 Å². The standard InChI is InChI=1S/C10H10F3NO3/c1-4(3-15)14-10(17)5-2-6(11)8(13)9(16)7(5)12/h2,4,15-16H,3H2,1H3,(H,14,17)/t4-/m1/s1. The van der Waals surface area contributed by atoms with Crippen molar-refractivity contribution in [2.24, 2.45) is 0 Å². The van der Waals surface area contributed by atoms with E-state index in [2.05, 4.69) is 5.32 Å². The minimum Gasteiger partial charge on any atom is -0.503 e. The predicted octanol–water partition coefficient (Wildman–Crippen LogP) is 0.920. The van der Waals surface area contributed by atoms with Gasteiger partial charge in [-0.3, -0.25) is 4.79 Å². The van der Waals surface area contributed by atoms with E-state index in [0.29, 0.717) is 6.07 Å². The fraction of sp³-hybridized carbons (Fsp3) is 0.300. The number of aliphatic hydroxyl groups excluding tert-OH is 1. The van der Waals surface area contributed by atoms with Crippen LogP contribution >= 0.6 is 0 Å². The Balaban J connectivity index is 3.11. The zero-order valence-electron chi connectivity index (χ0n) is 8.80. The molecule has 0 fully saturated rings. The van der Waals surface area contributed by atoms with E-state index in [0.717, 1.165) is 0 Å². The summed E-state index contributed by atoms with van der Waals surface area (Å²) in [7, 11) is 0. The van der Waals surface area contributed by atoms with Crippen molar-refractivity contribution in [2.75, 3.05) is 6.61 Å². The van der Waals surface area contributed by atoms with Gasteiger partial charge < -0.3 is 15.5 Å². The number of aliphatic hydroxyl groups is 1. The lowest BCUT2D eigenvalue weighted by Crippen LogP contribution is -2.35. The van der Waals surface area contributed by atoms with Crippen LogP contribution in [0.5, 0.6) is 5.75 Å². The summed E-state index contributed by atoms with van der Waals surface area (Å²) in [5.41, 5.74) is -0.832. The predicted molar refractivity (Wildman–Crippen MR) is 52.0 cm³/mol. The summed E-state index contributed by atoms with van der Waals surface area (Å²) in [6, 6.07) is -0.346. The van der Waals surface area contributed by atoms with Crippen LogP contribution in [-0.4, -0.2) is 28.8 Å². The first-order chi connectivity index (χ1) is 7.88. The maximum atomic E-state index is 13.3. The largest absolute Gasteiger partial charge is 0.503 e. The first kappa shape index (κ1) is 13.3. The summed E-state index contributed by atoms with van der Waals surface area (Å²) < 4.78 is 38.9. The summed E-state index contributed by atoms with van der Waals surface area (Å²) in [4.78, 5) is 11.4. The number of amides is 1. The van der Waals surface area contributed by atoms with Crippen LogP contribution < -0.4 is 5.32 Å². The summed E-state index contributed by atoms with van der Waals surface area (Å²) in [6.07, 6.45) is 0. The molecule has 3 N–H and O–H groups in total. The number of benzene rings is 1. The molecule has 94 valence electrons. The third-order valence-corrected chi connectivity index (χ3v) is 2.03. The maximum Gasteiger partial charge on any atom is 0.254 e. The van der Waals surface area contributed by atoms with Gasteiger partial charge in [-0.1, -0.05) is 0 Å². The normalized spacial score (nSPS) is 12.3. The number of hydrogen-bond acceptors (Lipinski definition) is 3. The monoisotopic (exact) mass is 249 g/mol. The molecule has 1 aromatic carbocycles. The van der Waals surface area contributed by atoms with Crippen LogP contribution in [0.15, 0.2) is 6.07 Å². The quantitative estimate of drug-likeness (QED) is 0.698. The Hall–Kier alpha value is -1.76. The Labute approximate surface area is 94.7 Å². The number of aromatic hydroxyl groups is 1. The molecular weight excluding hydrogens is 239 g/mol. The molecule has 0 radical (unpaired) electrons. The number of rotatable bonds is 3. The van der Waals surface area contributed by atoms with Gasteiger partial charge in [-0.15, -0.1) is 0 Å². The van der Waals surface area contributed by atoms with Crippen molar-refractivity contribution >= 4 is 5.91 Å². The second-order valence-corrected chi connectivity index (χ2v) is 3.44. The van der Waals surface area contributed by atoms with E-state index >= 15 is 0 Å². The van der Waals surface area contributed by atoms with Crippen LogP contribution in [0.4, 0.5) is 13.2 Å². The van der Waals surface area contributed by atoms with Gasteiger partial charge in [-0.25, -0.2) is 8.78 Å². The van der Waals surface area contributed by atoms with Gasteiger partial charge in [0.25, 0.3) is 5.91 Å². The Kier molecular flexibility index (Phi) is 3.95. The number of phenolic OH excluding ortho intramolecular Hbond substituents is 1. The number of hydrogen-bond donors (Lipinski definition) is 3. The molecule has 0 heterocycles. The Morgan fingerprint density at radius 2 is 2.00 bits per heavy atom. The number of nitrogens with one attached hydrogen (secondary N) is 1. The number of halogens is 3. The zero-order chi connectivity index (χ0) is 13.2. The van der Waals surface area contributed by atoms with E-state index in [-0.39, 0.29) is 0 Å². The summed E-state index contributed by atoms with van der Waals surface area (Å²) in [5, 5.41) is 19.7. The van der Waals surface area contributed by atoms with E-state index in [4.69, 9.17) is 10.2 Å². The van der Waals surface area contributed by atoms with Crippen molar-refractivity contribution in [1.29, 1.82) is 0 Å². The van der Waals surface area contributed by atoms with Gasteiger partial charge in [0.1, 0.15) is 0 Å². The lowest BCUT2D eigenvalue weighted by Gasteiger charge is -2.12. The smallest absolute Gasteiger partial charge is 0.254 e. The SMILES string of the molecule is C[C@H](CO)NC(=O)c1cc(F)c(F)c(O)c1F. The average molecular weight is 249 g/mol. The second kappa shape index (κ2) is 5.05. The topological polar surface area (TPSA) is 69.6 Å². The first-order valence-corrected chi connectivity index (χ1v) is 4.66. The molecule has 0 unspecified atom stereocenters. The molecule has 1 aromatic rings. The van der Waals surface area contributed by atoms with Gasteiger partial charge in [-0.05, 0) is 13.0 Å². The molecule has 0 aliphatic rings. The van der Waals surface area contributed by atoms with Crippen LogP contribution in [0.2, 0.25) is 0 Å². The molecule has 17 heavy (non-hydrogen) atoms. The summed E-state index contributed by atoms with van der Waals surface area (Å²) in [5.74, 6) is -7.45.